The Labute approximate surface area is 111 Å². The highest BCUT2D eigenvalue weighted by molar-refractivity contribution is 6.30. The third-order valence-corrected chi connectivity index (χ3v) is 2.82. The van der Waals surface area contributed by atoms with Crippen LogP contribution in [0.2, 0.25) is 5.02 Å². The smallest absolute Gasteiger partial charge is 0.142 e. The van der Waals surface area contributed by atoms with E-state index in [0.29, 0.717) is 11.6 Å². The van der Waals surface area contributed by atoms with Crippen LogP contribution in [0.5, 0.6) is 11.5 Å². The van der Waals surface area contributed by atoms with Gasteiger partial charge in [0.2, 0.25) is 0 Å². The molecule has 0 heterocycles. The van der Waals surface area contributed by atoms with Gasteiger partial charge in [-0.1, -0.05) is 23.7 Å². The van der Waals surface area contributed by atoms with Crippen LogP contribution in [0.15, 0.2) is 42.5 Å². The molecule has 2 N–H and O–H groups in total. The Morgan fingerprint density at radius 3 is 2.56 bits per heavy atom. The number of benzene rings is 2. The van der Waals surface area contributed by atoms with E-state index in [-0.39, 0.29) is 5.75 Å². The molecular formula is C14H14ClNO2. The predicted molar refractivity (Wildman–Crippen MR) is 73.4 cm³/mol. The molecule has 2 aromatic rings. The molecule has 0 unspecified atom stereocenters. The summed E-state index contributed by atoms with van der Waals surface area (Å²) in [6.45, 7) is 0.636. The van der Waals surface area contributed by atoms with Gasteiger partial charge in [-0.05, 0) is 35.9 Å². The van der Waals surface area contributed by atoms with Crippen molar-refractivity contribution in [3.05, 3.63) is 53.1 Å². The molecule has 0 bridgehead atoms. The monoisotopic (exact) mass is 263 g/mol. The molecule has 0 radical (unpaired) electrons. The lowest BCUT2D eigenvalue weighted by Gasteiger charge is -2.11. The highest BCUT2D eigenvalue weighted by Gasteiger charge is 2.03. The Morgan fingerprint density at radius 2 is 1.89 bits per heavy atom. The Bertz CT molecular complexity index is 526. The molecule has 0 saturated carbocycles. The Hall–Kier alpha value is -1.87. The maximum Gasteiger partial charge on any atom is 0.142 e. The van der Waals surface area contributed by atoms with Gasteiger partial charge in [0.1, 0.15) is 11.5 Å². The van der Waals surface area contributed by atoms with Gasteiger partial charge in [-0.15, -0.1) is 0 Å². The molecule has 0 aliphatic rings. The van der Waals surface area contributed by atoms with Crippen LogP contribution in [-0.2, 0) is 6.54 Å². The summed E-state index contributed by atoms with van der Waals surface area (Å²) in [6, 6.07) is 12.5. The van der Waals surface area contributed by atoms with Crippen molar-refractivity contribution in [3.8, 4) is 11.5 Å². The first-order chi connectivity index (χ1) is 8.69. The van der Waals surface area contributed by atoms with Crippen molar-refractivity contribution in [3.63, 3.8) is 0 Å². The van der Waals surface area contributed by atoms with Crippen LogP contribution >= 0.6 is 11.6 Å². The molecular weight excluding hydrogens is 250 g/mol. The topological polar surface area (TPSA) is 41.5 Å². The molecule has 0 fully saturated rings. The quantitative estimate of drug-likeness (QED) is 0.884. The number of rotatable bonds is 4. The summed E-state index contributed by atoms with van der Waals surface area (Å²) in [4.78, 5) is 0. The summed E-state index contributed by atoms with van der Waals surface area (Å²) in [5.41, 5.74) is 1.91. The molecule has 0 aliphatic carbocycles. The van der Waals surface area contributed by atoms with Crippen LogP contribution in [-0.4, -0.2) is 12.2 Å². The van der Waals surface area contributed by atoms with E-state index in [1.165, 1.54) is 0 Å². The standard InChI is InChI=1S/C14H14ClNO2/c1-18-14-7-4-11(15)8-13(14)16-9-10-2-5-12(17)6-3-10/h2-8,16-17H,9H2,1H3. The first kappa shape index (κ1) is 12.6. The van der Waals surface area contributed by atoms with Crippen molar-refractivity contribution >= 4 is 17.3 Å². The van der Waals surface area contributed by atoms with E-state index >= 15 is 0 Å². The maximum absolute atomic E-state index is 9.20. The molecule has 18 heavy (non-hydrogen) atoms. The van der Waals surface area contributed by atoms with Crippen LogP contribution < -0.4 is 10.1 Å². The van der Waals surface area contributed by atoms with Crippen LogP contribution in [0.25, 0.3) is 0 Å². The zero-order valence-electron chi connectivity index (χ0n) is 9.98. The second-order valence-corrected chi connectivity index (χ2v) is 4.30. The van der Waals surface area contributed by atoms with E-state index in [9.17, 15) is 5.11 Å². The first-order valence-corrected chi connectivity index (χ1v) is 5.92. The third-order valence-electron chi connectivity index (χ3n) is 2.58. The average molecular weight is 264 g/mol. The fourth-order valence-corrected chi connectivity index (χ4v) is 1.80. The first-order valence-electron chi connectivity index (χ1n) is 5.54. The van der Waals surface area contributed by atoms with Crippen LogP contribution in [0.1, 0.15) is 5.56 Å². The minimum absolute atomic E-state index is 0.263. The number of anilines is 1. The summed E-state index contributed by atoms with van der Waals surface area (Å²) >= 11 is 5.95. The van der Waals surface area contributed by atoms with Gasteiger partial charge in [-0.2, -0.15) is 0 Å². The molecule has 4 heteroatoms. The van der Waals surface area contributed by atoms with Gasteiger partial charge < -0.3 is 15.2 Å². The lowest BCUT2D eigenvalue weighted by atomic mass is 10.2. The van der Waals surface area contributed by atoms with Crippen LogP contribution in [0.3, 0.4) is 0 Å². The summed E-state index contributed by atoms with van der Waals surface area (Å²) in [7, 11) is 1.62. The van der Waals surface area contributed by atoms with Gasteiger partial charge in [0.25, 0.3) is 0 Å². The number of ether oxygens (including phenoxy) is 1. The van der Waals surface area contributed by atoms with Crippen molar-refractivity contribution in [1.29, 1.82) is 0 Å². The summed E-state index contributed by atoms with van der Waals surface area (Å²) in [6.07, 6.45) is 0. The zero-order chi connectivity index (χ0) is 13.0. The van der Waals surface area contributed by atoms with Crippen molar-refractivity contribution in [2.75, 3.05) is 12.4 Å². The number of hydrogen-bond donors (Lipinski definition) is 2. The molecule has 2 aromatic carbocycles. The fourth-order valence-electron chi connectivity index (χ4n) is 1.63. The van der Waals surface area contributed by atoms with E-state index < -0.39 is 0 Å². The van der Waals surface area contributed by atoms with Gasteiger partial charge >= 0.3 is 0 Å². The number of phenols is 1. The van der Waals surface area contributed by atoms with Gasteiger partial charge in [-0.25, -0.2) is 0 Å². The largest absolute Gasteiger partial charge is 0.508 e. The number of methoxy groups -OCH3 is 1. The molecule has 0 aliphatic heterocycles. The minimum atomic E-state index is 0.263. The summed E-state index contributed by atoms with van der Waals surface area (Å²) < 4.78 is 5.25. The van der Waals surface area contributed by atoms with Crippen LogP contribution in [0, 0.1) is 0 Å². The van der Waals surface area contributed by atoms with Crippen molar-refractivity contribution in [1.82, 2.24) is 0 Å². The van der Waals surface area contributed by atoms with Gasteiger partial charge in [0.15, 0.2) is 0 Å². The lowest BCUT2D eigenvalue weighted by Crippen LogP contribution is -2.01. The van der Waals surface area contributed by atoms with E-state index in [1.54, 1.807) is 25.3 Å². The van der Waals surface area contributed by atoms with Crippen LogP contribution in [0.4, 0.5) is 5.69 Å². The number of aromatic hydroxyl groups is 1. The second kappa shape index (κ2) is 5.65. The molecule has 0 spiro atoms. The molecule has 0 aromatic heterocycles. The number of hydrogen-bond acceptors (Lipinski definition) is 3. The summed E-state index contributed by atoms with van der Waals surface area (Å²) in [5.74, 6) is 1.01. The van der Waals surface area contributed by atoms with E-state index in [4.69, 9.17) is 16.3 Å². The summed E-state index contributed by atoms with van der Waals surface area (Å²) in [5, 5.41) is 13.1. The Morgan fingerprint density at radius 1 is 1.17 bits per heavy atom. The Kier molecular flexibility index (Phi) is 3.95. The van der Waals surface area contributed by atoms with Gasteiger partial charge in [-0.3, -0.25) is 0 Å². The third kappa shape index (κ3) is 3.08. The predicted octanol–water partition coefficient (Wildman–Crippen LogP) is 3.67. The van der Waals surface area contributed by atoms with Gasteiger partial charge in [0, 0.05) is 11.6 Å². The zero-order valence-corrected chi connectivity index (χ0v) is 10.7. The minimum Gasteiger partial charge on any atom is -0.508 e. The van der Waals surface area contributed by atoms with E-state index in [2.05, 4.69) is 5.32 Å². The normalized spacial score (nSPS) is 10.1. The molecule has 94 valence electrons. The second-order valence-electron chi connectivity index (χ2n) is 3.86. The molecule has 3 nitrogen and oxygen atoms in total. The highest BCUT2D eigenvalue weighted by Crippen LogP contribution is 2.28. The highest BCUT2D eigenvalue weighted by atomic mass is 35.5. The molecule has 0 atom stereocenters. The van der Waals surface area contributed by atoms with E-state index in [0.717, 1.165) is 17.0 Å². The number of phenolic OH excluding ortho intramolecular Hbond substituents is 1. The van der Waals surface area contributed by atoms with Crippen molar-refractivity contribution in [2.45, 2.75) is 6.54 Å². The lowest BCUT2D eigenvalue weighted by molar-refractivity contribution is 0.416. The molecule has 2 rings (SSSR count). The number of halogens is 1. The fraction of sp³-hybridized carbons (Fsp3) is 0.143. The Balaban J connectivity index is 2.09. The number of nitrogens with one attached hydrogen (secondary N) is 1. The molecule has 0 saturated heterocycles. The van der Waals surface area contributed by atoms with Crippen molar-refractivity contribution in [2.24, 2.45) is 0 Å². The molecule has 0 amide bonds. The van der Waals surface area contributed by atoms with E-state index in [1.807, 2.05) is 24.3 Å². The SMILES string of the molecule is COc1ccc(Cl)cc1NCc1ccc(O)cc1. The van der Waals surface area contributed by atoms with Crippen molar-refractivity contribution < 1.29 is 9.84 Å². The average Bonchev–Trinajstić information content (AvgIpc) is 2.38. The van der Waals surface area contributed by atoms with Gasteiger partial charge in [0.05, 0.1) is 12.8 Å². The maximum atomic E-state index is 9.20.